The molecule has 0 saturated heterocycles. The molecule has 0 aliphatic carbocycles. The molecule has 0 saturated carbocycles. The molecule has 16 rings (SSSR count). The highest BCUT2D eigenvalue weighted by molar-refractivity contribution is 7.20. The summed E-state index contributed by atoms with van der Waals surface area (Å²) in [5, 5.41) is 16.8. The molecule has 78 heavy (non-hydrogen) atoms. The van der Waals surface area contributed by atoms with E-state index in [2.05, 4.69) is 297 Å². The van der Waals surface area contributed by atoms with Crippen molar-refractivity contribution in [3.8, 4) is 22.5 Å². The highest BCUT2D eigenvalue weighted by atomic mass is 32.1. The molecular formula is C72H46N4S2. The summed E-state index contributed by atoms with van der Waals surface area (Å²) in [5.74, 6) is 0. The maximum absolute atomic E-state index is 2.50. The monoisotopic (exact) mass is 1030 g/mol. The van der Waals surface area contributed by atoms with Gasteiger partial charge in [-0.1, -0.05) is 146 Å². The van der Waals surface area contributed by atoms with Crippen molar-refractivity contribution in [1.82, 2.24) is 9.13 Å². The molecule has 366 valence electrons. The van der Waals surface area contributed by atoms with Gasteiger partial charge in [0.05, 0.1) is 32.5 Å². The van der Waals surface area contributed by atoms with Gasteiger partial charge in [0.15, 0.2) is 0 Å². The van der Waals surface area contributed by atoms with Crippen LogP contribution in [0.2, 0.25) is 0 Å². The first-order valence-corrected chi connectivity index (χ1v) is 28.2. The molecule has 0 N–H and O–H groups in total. The average Bonchev–Trinajstić information content (AvgIpc) is 4.43. The van der Waals surface area contributed by atoms with Crippen molar-refractivity contribution in [2.45, 2.75) is 0 Å². The Morgan fingerprint density at radius 1 is 0.269 bits per heavy atom. The molecule has 4 aromatic heterocycles. The van der Waals surface area contributed by atoms with Crippen molar-refractivity contribution in [2.75, 3.05) is 9.80 Å². The summed E-state index contributed by atoms with van der Waals surface area (Å²) in [6.07, 6.45) is 0. The zero-order valence-corrected chi connectivity index (χ0v) is 43.8. The lowest BCUT2D eigenvalue weighted by molar-refractivity contribution is 1.18. The van der Waals surface area contributed by atoms with Crippen LogP contribution in [0.15, 0.2) is 278 Å². The molecule has 16 aromatic rings. The molecule has 0 spiro atoms. The largest absolute Gasteiger partial charge is 0.310 e. The van der Waals surface area contributed by atoms with Crippen LogP contribution >= 0.6 is 22.7 Å². The molecule has 0 bridgehead atoms. The van der Waals surface area contributed by atoms with Gasteiger partial charge in [-0.25, -0.2) is 0 Å². The highest BCUT2D eigenvalue weighted by Crippen LogP contribution is 2.52. The molecule has 12 aromatic carbocycles. The fraction of sp³-hybridized carbons (Fsp3) is 0. The predicted molar refractivity (Wildman–Crippen MR) is 336 cm³/mol. The summed E-state index contributed by atoms with van der Waals surface area (Å²) in [5.41, 5.74) is 16.2. The lowest BCUT2D eigenvalue weighted by Crippen LogP contribution is -2.11. The number of benzene rings is 12. The second-order valence-electron chi connectivity index (χ2n) is 20.1. The molecule has 0 unspecified atom stereocenters. The number of hydrogen-bond acceptors (Lipinski definition) is 4. The first kappa shape index (κ1) is 44.6. The van der Waals surface area contributed by atoms with Crippen molar-refractivity contribution in [3.63, 3.8) is 0 Å². The summed E-state index contributed by atoms with van der Waals surface area (Å²) >= 11 is 3.64. The minimum Gasteiger partial charge on any atom is -0.310 e. The summed E-state index contributed by atoms with van der Waals surface area (Å²) in [7, 11) is 0. The van der Waals surface area contributed by atoms with Crippen LogP contribution in [-0.4, -0.2) is 9.13 Å². The Kier molecular flexibility index (Phi) is 10.3. The molecule has 0 aliphatic rings. The topological polar surface area (TPSA) is 16.3 Å². The number of anilines is 6. The van der Waals surface area contributed by atoms with E-state index in [0.717, 1.165) is 39.8 Å². The average molecular weight is 1030 g/mol. The number of rotatable bonds is 9. The van der Waals surface area contributed by atoms with E-state index in [1.54, 1.807) is 0 Å². The molecular weight excluding hydrogens is 985 g/mol. The van der Waals surface area contributed by atoms with Gasteiger partial charge in [-0.05, 0) is 159 Å². The van der Waals surface area contributed by atoms with Gasteiger partial charge in [0.25, 0.3) is 0 Å². The standard InChI is InChI=1S/C72H46N4S2/c1-3-19-52(20-4-1)73(57-35-37-67-63(45-57)59-23-11-13-25-65(59)75(67)55-33-27-47-15-7-9-17-50(47)43-55)54-31-29-49(30-32-54)69-61-39-41-78-72(61)70(62-40-42-77-71(62)69)74(53-21-5-2-6-22-53)58-36-38-68-64(46-58)60-24-12-14-26-66(60)76(68)56-34-28-48-16-8-10-18-51(48)44-56/h1-46H. The quantitative estimate of drug-likeness (QED) is 0.143. The van der Waals surface area contributed by atoms with Gasteiger partial charge >= 0.3 is 0 Å². The van der Waals surface area contributed by atoms with E-state index in [0.29, 0.717) is 0 Å². The molecule has 0 aliphatic heterocycles. The van der Waals surface area contributed by atoms with Crippen molar-refractivity contribution < 1.29 is 0 Å². The number of nitrogens with zero attached hydrogens (tertiary/aromatic N) is 4. The van der Waals surface area contributed by atoms with Gasteiger partial charge in [0.2, 0.25) is 0 Å². The van der Waals surface area contributed by atoms with E-state index < -0.39 is 0 Å². The van der Waals surface area contributed by atoms with E-state index in [-0.39, 0.29) is 0 Å². The summed E-state index contributed by atoms with van der Waals surface area (Å²) in [6.45, 7) is 0. The van der Waals surface area contributed by atoms with Gasteiger partial charge in [-0.2, -0.15) is 0 Å². The van der Waals surface area contributed by atoms with E-state index in [1.807, 2.05) is 22.7 Å². The summed E-state index contributed by atoms with van der Waals surface area (Å²) in [6, 6.07) is 98.0. The maximum Gasteiger partial charge on any atom is 0.0727 e. The number of hydrogen-bond donors (Lipinski definition) is 0. The number of thiophene rings is 2. The molecule has 0 atom stereocenters. The Balaban J connectivity index is 0.822. The molecule has 0 fully saturated rings. The molecule has 4 heterocycles. The van der Waals surface area contributed by atoms with Crippen LogP contribution in [0.4, 0.5) is 34.1 Å². The summed E-state index contributed by atoms with van der Waals surface area (Å²) in [4.78, 5) is 4.89. The number of para-hydroxylation sites is 4. The van der Waals surface area contributed by atoms with Crippen LogP contribution in [-0.2, 0) is 0 Å². The third-order valence-corrected chi connectivity index (χ3v) is 17.6. The number of aromatic nitrogens is 2. The van der Waals surface area contributed by atoms with Crippen LogP contribution in [0.1, 0.15) is 0 Å². The number of fused-ring (bicyclic) bond motifs is 10. The van der Waals surface area contributed by atoms with Crippen molar-refractivity contribution in [1.29, 1.82) is 0 Å². The van der Waals surface area contributed by atoms with Gasteiger partial charge in [-0.15, -0.1) is 22.7 Å². The zero-order chi connectivity index (χ0) is 51.3. The predicted octanol–water partition coefficient (Wildman–Crippen LogP) is 21.2. The minimum absolute atomic E-state index is 1.09. The zero-order valence-electron chi connectivity index (χ0n) is 42.2. The van der Waals surface area contributed by atoms with Crippen LogP contribution in [0.3, 0.4) is 0 Å². The van der Waals surface area contributed by atoms with Crippen molar-refractivity contribution in [3.05, 3.63) is 278 Å². The maximum atomic E-state index is 2.50. The Hall–Kier alpha value is -9.72. The van der Waals surface area contributed by atoms with Gasteiger partial charge < -0.3 is 18.9 Å². The van der Waals surface area contributed by atoms with Crippen LogP contribution < -0.4 is 9.80 Å². The smallest absolute Gasteiger partial charge is 0.0727 e. The Morgan fingerprint density at radius 3 is 1.28 bits per heavy atom. The molecule has 4 nitrogen and oxygen atoms in total. The lowest BCUT2D eigenvalue weighted by atomic mass is 9.97. The normalized spacial score (nSPS) is 11.8. The van der Waals surface area contributed by atoms with E-state index >= 15 is 0 Å². The Labute approximate surface area is 458 Å². The van der Waals surface area contributed by atoms with Crippen LogP contribution in [0.5, 0.6) is 0 Å². The van der Waals surface area contributed by atoms with E-state index in [1.165, 1.54) is 102 Å². The Morgan fingerprint density at radius 2 is 0.705 bits per heavy atom. The van der Waals surface area contributed by atoms with E-state index in [9.17, 15) is 0 Å². The SMILES string of the molecule is c1ccc(N(c2ccc(-c3c4ccsc4c(N(c4ccccc4)c4ccc5c(c4)c4ccccc4n5-c4ccc5ccccc5c4)c4ccsc34)cc2)c2ccc3c(c2)c2ccccc2n3-c2ccc3ccccc3c2)cc1. The van der Waals surface area contributed by atoms with E-state index in [4.69, 9.17) is 0 Å². The fourth-order valence-corrected chi connectivity index (χ4v) is 14.2. The van der Waals surface area contributed by atoms with Crippen LogP contribution in [0.25, 0.3) is 108 Å². The first-order valence-electron chi connectivity index (χ1n) is 26.5. The second-order valence-corrected chi connectivity index (χ2v) is 21.9. The molecule has 6 heteroatoms. The molecule has 0 amide bonds. The highest BCUT2D eigenvalue weighted by Gasteiger charge is 2.26. The van der Waals surface area contributed by atoms with Gasteiger partial charge in [0, 0.05) is 82.4 Å². The van der Waals surface area contributed by atoms with Gasteiger partial charge in [0.1, 0.15) is 0 Å². The lowest BCUT2D eigenvalue weighted by Gasteiger charge is -2.28. The Bertz CT molecular complexity index is 4940. The molecule has 0 radical (unpaired) electrons. The summed E-state index contributed by atoms with van der Waals surface area (Å²) < 4.78 is 7.36. The van der Waals surface area contributed by atoms with Crippen molar-refractivity contribution >= 4 is 142 Å². The second kappa shape index (κ2) is 18.0. The minimum atomic E-state index is 1.09. The third kappa shape index (κ3) is 7.04. The first-order chi connectivity index (χ1) is 38.7. The fourth-order valence-electron chi connectivity index (χ4n) is 12.3. The van der Waals surface area contributed by atoms with Crippen molar-refractivity contribution in [2.24, 2.45) is 0 Å². The van der Waals surface area contributed by atoms with Crippen LogP contribution in [0, 0.1) is 0 Å². The third-order valence-electron chi connectivity index (χ3n) is 15.8. The van der Waals surface area contributed by atoms with Gasteiger partial charge in [-0.3, -0.25) is 0 Å².